The quantitative estimate of drug-likeness (QED) is 0.853. The van der Waals surface area contributed by atoms with Crippen LogP contribution in [0.25, 0.3) is 0 Å². The Bertz CT molecular complexity index is 408. The van der Waals surface area contributed by atoms with Crippen LogP contribution >= 0.6 is 0 Å². The number of rotatable bonds is 2. The highest BCUT2D eigenvalue weighted by Crippen LogP contribution is 2.18. The first-order valence-electron chi connectivity index (χ1n) is 5.90. The predicted octanol–water partition coefficient (Wildman–Crippen LogP) is 2.11. The molecule has 1 aliphatic rings. The van der Waals surface area contributed by atoms with E-state index in [1.807, 2.05) is 7.05 Å². The molecule has 2 rings (SSSR count). The molecule has 1 aliphatic heterocycles. The van der Waals surface area contributed by atoms with Gasteiger partial charge in [0.1, 0.15) is 5.82 Å². The van der Waals surface area contributed by atoms with Crippen molar-refractivity contribution in [3.63, 3.8) is 0 Å². The van der Waals surface area contributed by atoms with Crippen molar-refractivity contribution < 1.29 is 9.18 Å². The second kappa shape index (κ2) is 5.27. The highest BCUT2D eigenvalue weighted by molar-refractivity contribution is 5.92. The first-order valence-corrected chi connectivity index (χ1v) is 5.90. The van der Waals surface area contributed by atoms with Crippen LogP contribution in [0, 0.1) is 11.7 Å². The van der Waals surface area contributed by atoms with Gasteiger partial charge in [-0.1, -0.05) is 6.07 Å². The summed E-state index contributed by atoms with van der Waals surface area (Å²) < 4.78 is 13.0. The van der Waals surface area contributed by atoms with Crippen molar-refractivity contribution in [3.8, 4) is 0 Å². The standard InChI is InChI=1S/C13H17FN2O/c1-16-7-3-4-10(9-16)13(17)15-12-6-2-5-11(14)8-12/h2,5-6,8,10H,3-4,7,9H2,1H3,(H,15,17)/t10-/m0/s1. The third-order valence-corrected chi connectivity index (χ3v) is 3.09. The van der Waals surface area contributed by atoms with Gasteiger partial charge in [0.2, 0.25) is 5.91 Å². The van der Waals surface area contributed by atoms with E-state index in [-0.39, 0.29) is 17.6 Å². The molecule has 1 aromatic rings. The number of benzene rings is 1. The number of likely N-dealkylation sites (tertiary alicyclic amines) is 1. The molecule has 3 nitrogen and oxygen atoms in total. The maximum absolute atomic E-state index is 13.0. The van der Waals surface area contributed by atoms with E-state index in [0.717, 1.165) is 25.9 Å². The average molecular weight is 236 g/mol. The van der Waals surface area contributed by atoms with Crippen molar-refractivity contribution in [3.05, 3.63) is 30.1 Å². The number of hydrogen-bond acceptors (Lipinski definition) is 2. The van der Waals surface area contributed by atoms with Crippen LogP contribution in [0.3, 0.4) is 0 Å². The second-order valence-electron chi connectivity index (χ2n) is 4.60. The van der Waals surface area contributed by atoms with Crippen molar-refractivity contribution >= 4 is 11.6 Å². The third-order valence-electron chi connectivity index (χ3n) is 3.09. The molecule has 1 amide bonds. The normalized spacial score (nSPS) is 21.2. The lowest BCUT2D eigenvalue weighted by Crippen LogP contribution is -2.38. The molecule has 1 atom stereocenters. The van der Waals surface area contributed by atoms with Gasteiger partial charge in [0.25, 0.3) is 0 Å². The summed E-state index contributed by atoms with van der Waals surface area (Å²) in [7, 11) is 2.02. The summed E-state index contributed by atoms with van der Waals surface area (Å²) in [6.45, 7) is 1.82. The fourth-order valence-electron chi connectivity index (χ4n) is 2.19. The van der Waals surface area contributed by atoms with E-state index in [0.29, 0.717) is 5.69 Å². The summed E-state index contributed by atoms with van der Waals surface area (Å²) in [5.41, 5.74) is 0.531. The number of halogens is 1. The molecule has 1 saturated heterocycles. The number of hydrogen-bond donors (Lipinski definition) is 1. The van der Waals surface area contributed by atoms with Gasteiger partial charge >= 0.3 is 0 Å². The lowest BCUT2D eigenvalue weighted by molar-refractivity contribution is -0.121. The highest BCUT2D eigenvalue weighted by Gasteiger charge is 2.23. The Hall–Kier alpha value is -1.42. The number of amides is 1. The van der Waals surface area contributed by atoms with Crippen molar-refractivity contribution in [2.75, 3.05) is 25.5 Å². The molecule has 0 aromatic heterocycles. The molecule has 0 aliphatic carbocycles. The van der Waals surface area contributed by atoms with Crippen LogP contribution in [0.15, 0.2) is 24.3 Å². The molecule has 0 spiro atoms. The van der Waals surface area contributed by atoms with E-state index in [9.17, 15) is 9.18 Å². The van der Waals surface area contributed by atoms with Crippen LogP contribution in [-0.4, -0.2) is 30.9 Å². The van der Waals surface area contributed by atoms with Crippen LogP contribution < -0.4 is 5.32 Å². The maximum atomic E-state index is 13.0. The summed E-state index contributed by atoms with van der Waals surface area (Å²) in [5, 5.41) is 2.77. The molecule has 1 fully saturated rings. The first-order chi connectivity index (χ1) is 8.15. The Labute approximate surface area is 101 Å². The number of nitrogens with one attached hydrogen (secondary N) is 1. The predicted molar refractivity (Wildman–Crippen MR) is 65.3 cm³/mol. The summed E-state index contributed by atoms with van der Waals surface area (Å²) >= 11 is 0. The third kappa shape index (κ3) is 3.27. The van der Waals surface area contributed by atoms with Gasteiger partial charge in [0.05, 0.1) is 5.92 Å². The first kappa shape index (κ1) is 12.0. The van der Waals surface area contributed by atoms with Crippen molar-refractivity contribution in [2.24, 2.45) is 5.92 Å². The van der Waals surface area contributed by atoms with Gasteiger partial charge in [0, 0.05) is 12.2 Å². The lowest BCUT2D eigenvalue weighted by Gasteiger charge is -2.28. The van der Waals surface area contributed by atoms with Gasteiger partial charge in [-0.2, -0.15) is 0 Å². The van der Waals surface area contributed by atoms with Gasteiger partial charge in [0.15, 0.2) is 0 Å². The van der Waals surface area contributed by atoms with Gasteiger partial charge in [-0.15, -0.1) is 0 Å². The molecule has 0 unspecified atom stereocenters. The Morgan fingerprint density at radius 2 is 2.35 bits per heavy atom. The van der Waals surface area contributed by atoms with Crippen LogP contribution in [0.5, 0.6) is 0 Å². The van der Waals surface area contributed by atoms with E-state index in [2.05, 4.69) is 10.2 Å². The number of carbonyl (C=O) groups excluding carboxylic acids is 1. The lowest BCUT2D eigenvalue weighted by atomic mass is 9.97. The fourth-order valence-corrected chi connectivity index (χ4v) is 2.19. The van der Waals surface area contributed by atoms with Crippen LogP contribution in [0.4, 0.5) is 10.1 Å². The van der Waals surface area contributed by atoms with Gasteiger partial charge in [-0.25, -0.2) is 4.39 Å². The van der Waals surface area contributed by atoms with Crippen molar-refractivity contribution in [1.29, 1.82) is 0 Å². The summed E-state index contributed by atoms with van der Waals surface area (Å²) in [4.78, 5) is 14.1. The Kier molecular flexibility index (Phi) is 3.74. The molecule has 1 heterocycles. The van der Waals surface area contributed by atoms with Crippen LogP contribution in [0.1, 0.15) is 12.8 Å². The Balaban J connectivity index is 1.96. The fraction of sp³-hybridized carbons (Fsp3) is 0.462. The van der Waals surface area contributed by atoms with E-state index in [1.54, 1.807) is 12.1 Å². The molecule has 0 bridgehead atoms. The zero-order valence-electron chi connectivity index (χ0n) is 9.95. The number of nitrogens with zero attached hydrogens (tertiary/aromatic N) is 1. The summed E-state index contributed by atoms with van der Waals surface area (Å²) in [5.74, 6) is -0.331. The van der Waals surface area contributed by atoms with E-state index in [4.69, 9.17) is 0 Å². The van der Waals surface area contributed by atoms with Crippen molar-refractivity contribution in [1.82, 2.24) is 4.90 Å². The SMILES string of the molecule is CN1CCC[C@H](C(=O)Nc2cccc(F)c2)C1. The van der Waals surface area contributed by atoms with Crippen molar-refractivity contribution in [2.45, 2.75) is 12.8 Å². The minimum Gasteiger partial charge on any atom is -0.326 e. The van der Waals surface area contributed by atoms with Gasteiger partial charge in [-0.05, 0) is 44.6 Å². The minimum absolute atomic E-state index is 0.0111. The van der Waals surface area contributed by atoms with Crippen LogP contribution in [-0.2, 0) is 4.79 Å². The van der Waals surface area contributed by atoms with E-state index < -0.39 is 0 Å². The molecule has 4 heteroatoms. The maximum Gasteiger partial charge on any atom is 0.228 e. The number of piperidine rings is 1. The van der Waals surface area contributed by atoms with E-state index in [1.165, 1.54) is 12.1 Å². The highest BCUT2D eigenvalue weighted by atomic mass is 19.1. The Morgan fingerprint density at radius 1 is 1.53 bits per heavy atom. The molecule has 92 valence electrons. The summed E-state index contributed by atoms with van der Waals surface area (Å²) in [6.07, 6.45) is 1.95. The number of anilines is 1. The monoisotopic (exact) mass is 236 g/mol. The number of carbonyl (C=O) groups is 1. The molecule has 1 aromatic carbocycles. The summed E-state index contributed by atoms with van der Waals surface area (Å²) in [6, 6.07) is 6.00. The van der Waals surface area contributed by atoms with Crippen LogP contribution in [0.2, 0.25) is 0 Å². The largest absolute Gasteiger partial charge is 0.326 e. The Morgan fingerprint density at radius 3 is 3.06 bits per heavy atom. The van der Waals surface area contributed by atoms with Gasteiger partial charge in [-0.3, -0.25) is 4.79 Å². The molecular weight excluding hydrogens is 219 g/mol. The zero-order chi connectivity index (χ0) is 12.3. The topological polar surface area (TPSA) is 32.3 Å². The average Bonchev–Trinajstić information content (AvgIpc) is 2.29. The molecular formula is C13H17FN2O. The zero-order valence-corrected chi connectivity index (χ0v) is 9.95. The minimum atomic E-state index is -0.330. The molecule has 0 radical (unpaired) electrons. The second-order valence-corrected chi connectivity index (χ2v) is 4.60. The molecule has 17 heavy (non-hydrogen) atoms. The molecule has 0 saturated carbocycles. The van der Waals surface area contributed by atoms with Gasteiger partial charge < -0.3 is 10.2 Å². The van der Waals surface area contributed by atoms with E-state index >= 15 is 0 Å². The smallest absolute Gasteiger partial charge is 0.228 e. The molecule has 1 N–H and O–H groups in total.